The third kappa shape index (κ3) is 2.29. The molecule has 0 spiro atoms. The molecule has 0 atom stereocenters. The number of benzene rings is 1. The van der Waals surface area contributed by atoms with Crippen LogP contribution in [0.25, 0.3) is 11.3 Å². The maximum Gasteiger partial charge on any atom is 0.416 e. The molecular formula is C13H11ClF3N5. The Morgan fingerprint density at radius 1 is 1.41 bits per heavy atom. The summed E-state index contributed by atoms with van der Waals surface area (Å²) in [6.45, 7) is 0.601. The topological polar surface area (TPSA) is 79.7 Å². The van der Waals surface area contributed by atoms with Crippen molar-refractivity contribution in [3.05, 3.63) is 34.3 Å². The lowest BCUT2D eigenvalue weighted by Gasteiger charge is -2.10. The summed E-state index contributed by atoms with van der Waals surface area (Å²) in [5.41, 5.74) is 5.84. The van der Waals surface area contributed by atoms with Crippen molar-refractivity contribution in [1.29, 1.82) is 5.41 Å². The van der Waals surface area contributed by atoms with Crippen LogP contribution in [0.5, 0.6) is 0 Å². The molecule has 9 heteroatoms. The number of nitrogens with zero attached hydrogens (tertiary/aromatic N) is 2. The fourth-order valence-corrected chi connectivity index (χ4v) is 2.66. The van der Waals surface area contributed by atoms with Gasteiger partial charge in [0.15, 0.2) is 0 Å². The molecular weight excluding hydrogens is 319 g/mol. The number of anilines is 1. The van der Waals surface area contributed by atoms with E-state index in [4.69, 9.17) is 22.7 Å². The van der Waals surface area contributed by atoms with Crippen molar-refractivity contribution in [3.8, 4) is 11.3 Å². The fraction of sp³-hybridized carbons (Fsp3) is 0.231. The van der Waals surface area contributed by atoms with Gasteiger partial charge in [0.05, 0.1) is 16.3 Å². The molecule has 4 N–H and O–H groups in total. The van der Waals surface area contributed by atoms with Crippen molar-refractivity contribution in [2.24, 2.45) is 5.73 Å². The quantitative estimate of drug-likeness (QED) is 0.556. The predicted molar refractivity (Wildman–Crippen MR) is 77.2 cm³/mol. The van der Waals surface area contributed by atoms with Crippen molar-refractivity contribution in [3.63, 3.8) is 0 Å². The summed E-state index contributed by atoms with van der Waals surface area (Å²) in [6.07, 6.45) is -3.89. The Morgan fingerprint density at radius 3 is 2.77 bits per heavy atom. The van der Waals surface area contributed by atoms with Crippen LogP contribution >= 0.6 is 11.6 Å². The van der Waals surface area contributed by atoms with E-state index < -0.39 is 11.7 Å². The van der Waals surface area contributed by atoms with Gasteiger partial charge in [-0.3, -0.25) is 5.41 Å². The molecule has 5 nitrogen and oxygen atoms in total. The molecule has 0 fully saturated rings. The summed E-state index contributed by atoms with van der Waals surface area (Å²) >= 11 is 6.05. The molecule has 2 heterocycles. The number of aromatic nitrogens is 2. The minimum absolute atomic E-state index is 0.163. The third-order valence-corrected chi connectivity index (χ3v) is 3.76. The van der Waals surface area contributed by atoms with Crippen molar-refractivity contribution in [1.82, 2.24) is 9.78 Å². The van der Waals surface area contributed by atoms with Crippen LogP contribution < -0.4 is 11.1 Å². The first-order valence-electron chi connectivity index (χ1n) is 6.36. The van der Waals surface area contributed by atoms with Gasteiger partial charge in [-0.15, -0.1) is 0 Å². The number of fused-ring (bicyclic) bond motifs is 1. The average molecular weight is 330 g/mol. The first-order valence-corrected chi connectivity index (χ1v) is 6.74. The summed E-state index contributed by atoms with van der Waals surface area (Å²) in [5.74, 6) is 0.205. The highest BCUT2D eigenvalue weighted by Gasteiger charge is 2.32. The van der Waals surface area contributed by atoms with Crippen molar-refractivity contribution >= 4 is 23.4 Å². The highest BCUT2D eigenvalue weighted by molar-refractivity contribution is 6.33. The molecule has 0 unspecified atom stereocenters. The van der Waals surface area contributed by atoms with E-state index in [1.807, 2.05) is 0 Å². The van der Waals surface area contributed by atoms with Crippen LogP contribution in [0.3, 0.4) is 0 Å². The Kier molecular flexibility index (Phi) is 3.28. The van der Waals surface area contributed by atoms with Gasteiger partial charge in [-0.1, -0.05) is 11.6 Å². The number of nitrogens with one attached hydrogen (secondary N) is 2. The highest BCUT2D eigenvalue weighted by Crippen LogP contribution is 2.39. The summed E-state index contributed by atoms with van der Waals surface area (Å²) in [6, 6.07) is 3.08. The first-order chi connectivity index (χ1) is 10.3. The van der Waals surface area contributed by atoms with Gasteiger partial charge in [-0.05, 0) is 24.6 Å². The molecule has 0 saturated carbocycles. The maximum atomic E-state index is 12.9. The van der Waals surface area contributed by atoms with Crippen molar-refractivity contribution in [2.45, 2.75) is 12.6 Å². The smallest absolute Gasteiger partial charge is 0.369 e. The van der Waals surface area contributed by atoms with Crippen LogP contribution in [-0.2, 0) is 12.6 Å². The van der Waals surface area contributed by atoms with E-state index in [1.54, 1.807) is 0 Å². The van der Waals surface area contributed by atoms with Crippen LogP contribution in [0.15, 0.2) is 18.2 Å². The summed E-state index contributed by atoms with van der Waals surface area (Å²) in [7, 11) is 0. The van der Waals surface area contributed by atoms with Crippen LogP contribution in [-0.4, -0.2) is 22.3 Å². The van der Waals surface area contributed by atoms with E-state index in [0.717, 1.165) is 16.8 Å². The fourth-order valence-electron chi connectivity index (χ4n) is 2.45. The molecule has 2 aromatic rings. The average Bonchev–Trinajstić information content (AvgIpc) is 2.99. The Labute approximate surface area is 128 Å². The second-order valence-corrected chi connectivity index (χ2v) is 5.25. The third-order valence-electron chi connectivity index (χ3n) is 3.43. The molecule has 0 aliphatic carbocycles. The summed E-state index contributed by atoms with van der Waals surface area (Å²) in [5, 5.41) is 14.8. The minimum atomic E-state index is -4.47. The number of nitrogen functional groups attached to an aromatic ring is 1. The molecule has 1 aromatic carbocycles. The van der Waals surface area contributed by atoms with Gasteiger partial charge in [0.2, 0.25) is 5.96 Å². The molecule has 1 aliphatic heterocycles. The zero-order valence-corrected chi connectivity index (χ0v) is 11.9. The van der Waals surface area contributed by atoms with Gasteiger partial charge < -0.3 is 11.1 Å². The van der Waals surface area contributed by atoms with Crippen molar-refractivity contribution in [2.75, 3.05) is 11.9 Å². The molecule has 0 radical (unpaired) electrons. The molecule has 116 valence electrons. The number of hydrogen-bond donors (Lipinski definition) is 3. The van der Waals surface area contributed by atoms with E-state index >= 15 is 0 Å². The van der Waals surface area contributed by atoms with Gasteiger partial charge in [0.1, 0.15) is 5.82 Å². The van der Waals surface area contributed by atoms with Crippen LogP contribution in [0, 0.1) is 5.41 Å². The van der Waals surface area contributed by atoms with Gasteiger partial charge in [-0.25, -0.2) is 0 Å². The first kappa shape index (κ1) is 14.7. The highest BCUT2D eigenvalue weighted by atomic mass is 35.5. The molecule has 1 aromatic heterocycles. The Bertz CT molecular complexity index is 766. The van der Waals surface area contributed by atoms with Crippen molar-refractivity contribution < 1.29 is 13.2 Å². The molecule has 22 heavy (non-hydrogen) atoms. The number of rotatable bonds is 1. The van der Waals surface area contributed by atoms with Crippen LogP contribution in [0.2, 0.25) is 5.02 Å². The minimum Gasteiger partial charge on any atom is -0.369 e. The second kappa shape index (κ2) is 4.91. The molecule has 0 bridgehead atoms. The predicted octanol–water partition coefficient (Wildman–Crippen LogP) is 2.93. The number of halogens is 4. The Hall–Kier alpha value is -2.22. The van der Waals surface area contributed by atoms with E-state index in [-0.39, 0.29) is 16.5 Å². The van der Waals surface area contributed by atoms with Crippen LogP contribution in [0.4, 0.5) is 19.0 Å². The molecule has 1 aliphatic rings. The van der Waals surface area contributed by atoms with Gasteiger partial charge in [-0.2, -0.15) is 23.0 Å². The summed E-state index contributed by atoms with van der Waals surface area (Å²) in [4.78, 5) is 0. The monoisotopic (exact) mass is 329 g/mol. The maximum absolute atomic E-state index is 12.9. The largest absolute Gasteiger partial charge is 0.416 e. The zero-order valence-electron chi connectivity index (χ0n) is 11.1. The lowest BCUT2D eigenvalue weighted by molar-refractivity contribution is -0.137. The summed E-state index contributed by atoms with van der Waals surface area (Å²) < 4.78 is 39.8. The normalized spacial score (nSPS) is 13.8. The zero-order chi connectivity index (χ0) is 16.1. The Balaban J connectivity index is 2.20. The molecule has 3 rings (SSSR count). The SMILES string of the molecule is N=C(N)n1nc(-c2cc(C(F)(F)F)ccc2Cl)c2c1NCC2. The van der Waals surface area contributed by atoms with Gasteiger partial charge in [0, 0.05) is 17.7 Å². The lowest BCUT2D eigenvalue weighted by atomic mass is 10.0. The van der Waals surface area contributed by atoms with Gasteiger partial charge >= 0.3 is 6.18 Å². The second-order valence-electron chi connectivity index (χ2n) is 4.84. The van der Waals surface area contributed by atoms with Gasteiger partial charge in [0.25, 0.3) is 0 Å². The van der Waals surface area contributed by atoms with E-state index in [2.05, 4.69) is 10.4 Å². The van der Waals surface area contributed by atoms with E-state index in [9.17, 15) is 13.2 Å². The van der Waals surface area contributed by atoms with E-state index in [0.29, 0.717) is 30.0 Å². The number of nitrogens with two attached hydrogens (primary N) is 1. The number of alkyl halides is 3. The lowest BCUT2D eigenvalue weighted by Crippen LogP contribution is -2.23. The Morgan fingerprint density at radius 2 is 2.14 bits per heavy atom. The van der Waals surface area contributed by atoms with E-state index in [1.165, 1.54) is 6.07 Å². The number of hydrogen-bond acceptors (Lipinski definition) is 3. The molecule has 0 saturated heterocycles. The molecule has 0 amide bonds. The van der Waals surface area contributed by atoms with Crippen LogP contribution in [0.1, 0.15) is 11.1 Å². The standard InChI is InChI=1S/C13H11ClF3N5/c14-9-2-1-6(13(15,16)17)5-8(9)10-7-3-4-20-11(7)22(21-10)12(18)19/h1-2,5,20H,3-4H2,(H3,18,19).